The highest BCUT2D eigenvalue weighted by Gasteiger charge is 2.42. The lowest BCUT2D eigenvalue weighted by atomic mass is 9.73. The van der Waals surface area contributed by atoms with E-state index >= 15 is 0 Å². The monoisotopic (exact) mass is 1100 g/mol. The lowest BCUT2D eigenvalue weighted by Crippen LogP contribution is -2.59. The first-order valence-corrected chi connectivity index (χ1v) is 29.9. The van der Waals surface area contributed by atoms with Gasteiger partial charge in [0.2, 0.25) is 0 Å². The van der Waals surface area contributed by atoms with Crippen LogP contribution in [0.25, 0.3) is 5.57 Å². The van der Waals surface area contributed by atoms with Crippen molar-refractivity contribution in [1.29, 1.82) is 0 Å². The quantitative estimate of drug-likeness (QED) is 0.0666. The van der Waals surface area contributed by atoms with E-state index in [-0.39, 0.29) is 64.1 Å². The molecule has 4 aromatic carbocycles. The molecule has 1 aliphatic carbocycles. The van der Waals surface area contributed by atoms with Crippen LogP contribution in [0.4, 0.5) is 17.1 Å². The molecule has 2 saturated heterocycles. The Labute approximate surface area is 464 Å². The standard InChI is InChI=1S/C63H82N4O9S2/c1-17-42-26-43(18-22-52(42)64-58-38(4)24-36(2)50(40(58)6)29-54(68)46-31-60(8,9)66-61(10,11)32-46)57(49-21-20-48(77(70,71)72)28-56(49)78(73,74)75)44-19-23-53(45(27-44)35-76-16)65-59-39(5)25-37(3)51(41(59)7)30-55(69)47-33-62(12,13)67-63(14,15)34-47/h18-28,46-47,64,66-67H,17,29-35H2,1-16H3,(H,70,71,72)(H,73,74,75). The van der Waals surface area contributed by atoms with Crippen LogP contribution in [0.3, 0.4) is 0 Å². The average Bonchev–Trinajstić information content (AvgIpc) is 3.36. The molecule has 3 aliphatic rings. The Hall–Kier alpha value is -5.39. The fourth-order valence-electron chi connectivity index (χ4n) is 13.2. The molecule has 420 valence electrons. The Morgan fingerprint density at radius 3 is 1.71 bits per heavy atom. The van der Waals surface area contributed by atoms with E-state index in [9.17, 15) is 35.5 Å². The van der Waals surface area contributed by atoms with Crippen molar-refractivity contribution in [2.24, 2.45) is 16.8 Å². The van der Waals surface area contributed by atoms with Crippen LogP contribution in [0.2, 0.25) is 0 Å². The number of anilines is 2. The maximum atomic E-state index is 14.1. The summed E-state index contributed by atoms with van der Waals surface area (Å²) < 4.78 is 78.1. The molecule has 5 N–H and O–H groups in total. The number of ketones is 2. The van der Waals surface area contributed by atoms with E-state index in [0.29, 0.717) is 40.8 Å². The number of rotatable bonds is 16. The first-order chi connectivity index (χ1) is 36.0. The minimum absolute atomic E-state index is 0.0131. The van der Waals surface area contributed by atoms with E-state index in [4.69, 9.17) is 9.73 Å². The molecular formula is C63H82N4O9S2. The zero-order valence-corrected chi connectivity index (χ0v) is 50.3. The molecule has 2 heterocycles. The van der Waals surface area contributed by atoms with E-state index < -0.39 is 30.0 Å². The number of nitrogens with zero attached hydrogens (tertiary/aromatic N) is 1. The van der Waals surface area contributed by atoms with Crippen molar-refractivity contribution >= 4 is 60.1 Å². The molecule has 2 aliphatic heterocycles. The number of ether oxygens (including phenoxy) is 1. The molecule has 7 rings (SSSR count). The molecule has 0 spiro atoms. The van der Waals surface area contributed by atoms with Crippen LogP contribution < -0.4 is 16.0 Å². The number of piperidine rings is 2. The van der Waals surface area contributed by atoms with Crippen molar-refractivity contribution in [2.45, 2.75) is 181 Å². The number of carbonyl (C=O) groups excluding carboxylic acids is 2. The number of Topliss-reactive ketones (excluding diaryl/α,β-unsaturated/α-hetero) is 2. The second kappa shape index (κ2) is 22.3. The van der Waals surface area contributed by atoms with Crippen molar-refractivity contribution in [3.8, 4) is 0 Å². The third kappa shape index (κ3) is 13.6. The normalized spacial score (nSPS) is 19.7. The van der Waals surface area contributed by atoms with E-state index in [1.54, 1.807) is 13.2 Å². The fraction of sp³-hybridized carbons (Fsp3) is 0.476. The molecule has 0 bridgehead atoms. The molecule has 0 atom stereocenters. The summed E-state index contributed by atoms with van der Waals surface area (Å²) in [6, 6.07) is 13.0. The molecule has 15 heteroatoms. The summed E-state index contributed by atoms with van der Waals surface area (Å²) >= 11 is 0. The van der Waals surface area contributed by atoms with Gasteiger partial charge in [-0.3, -0.25) is 18.7 Å². The average molecular weight is 1100 g/mol. The molecule has 0 saturated carbocycles. The zero-order valence-electron chi connectivity index (χ0n) is 48.7. The molecule has 78 heavy (non-hydrogen) atoms. The third-order valence-electron chi connectivity index (χ3n) is 15.9. The number of hydrogen-bond acceptors (Lipinski definition) is 11. The van der Waals surface area contributed by atoms with Gasteiger partial charge in [-0.05, 0) is 232 Å². The Morgan fingerprint density at radius 2 is 1.21 bits per heavy atom. The van der Waals surface area contributed by atoms with Crippen LogP contribution >= 0.6 is 0 Å². The van der Waals surface area contributed by atoms with Crippen molar-refractivity contribution in [1.82, 2.24) is 10.6 Å². The number of benzene rings is 4. The molecule has 2 fully saturated rings. The molecule has 0 aromatic heterocycles. The summed E-state index contributed by atoms with van der Waals surface area (Å²) in [5.41, 5.74) is 12.9. The maximum absolute atomic E-state index is 14.1. The van der Waals surface area contributed by atoms with Crippen LogP contribution in [0.5, 0.6) is 0 Å². The summed E-state index contributed by atoms with van der Waals surface area (Å²) in [7, 11) is -8.43. The topological polar surface area (TPSA) is 201 Å². The largest absolute Gasteiger partial charge is 0.380 e. The maximum Gasteiger partial charge on any atom is 0.295 e. The van der Waals surface area contributed by atoms with Crippen molar-refractivity contribution < 1.29 is 40.3 Å². The van der Waals surface area contributed by atoms with Crippen LogP contribution in [-0.4, -0.2) is 79.1 Å². The van der Waals surface area contributed by atoms with Gasteiger partial charge in [0, 0.05) is 76.5 Å². The Kier molecular flexibility index (Phi) is 17.2. The summed E-state index contributed by atoms with van der Waals surface area (Å²) in [5, 5.41) is 11.1. The van der Waals surface area contributed by atoms with Crippen molar-refractivity contribution in [2.75, 3.05) is 19.0 Å². The van der Waals surface area contributed by atoms with Gasteiger partial charge in [-0.15, -0.1) is 0 Å². The van der Waals surface area contributed by atoms with Gasteiger partial charge in [-0.2, -0.15) is 16.8 Å². The van der Waals surface area contributed by atoms with Gasteiger partial charge in [-0.25, -0.2) is 4.99 Å². The van der Waals surface area contributed by atoms with Gasteiger partial charge in [0.25, 0.3) is 20.2 Å². The first kappa shape index (κ1) is 60.3. The smallest absolute Gasteiger partial charge is 0.295 e. The summed E-state index contributed by atoms with van der Waals surface area (Å²) in [4.78, 5) is 32.1. The SMILES string of the molecule is CCc1cc(C(=C2C=CC(=Nc3c(C)cc(C)c(CC(=O)C4CC(C)(C)NC(C)(C)C4)c3C)C(COC)=C2)c2ccc(S(=O)(=O)O)cc2S(=O)(=O)O)ccc1Nc1c(C)cc(C)c(CC(=O)C2CC(C)(C)NC(C)(C)C2)c1C. The lowest BCUT2D eigenvalue weighted by molar-refractivity contribution is -0.125. The fourth-order valence-corrected chi connectivity index (χ4v) is 14.5. The molecule has 0 radical (unpaired) electrons. The van der Waals surface area contributed by atoms with Crippen molar-refractivity contribution in [3.05, 3.63) is 139 Å². The van der Waals surface area contributed by atoms with Gasteiger partial charge < -0.3 is 20.7 Å². The van der Waals surface area contributed by atoms with E-state index in [2.05, 4.69) is 90.4 Å². The zero-order chi connectivity index (χ0) is 57.8. The van der Waals surface area contributed by atoms with Gasteiger partial charge >= 0.3 is 0 Å². The minimum Gasteiger partial charge on any atom is -0.380 e. The van der Waals surface area contributed by atoms with Crippen LogP contribution in [0, 0.1) is 53.4 Å². The molecular weight excluding hydrogens is 1020 g/mol. The number of aliphatic imine (C=N–C) groups is 1. The number of aryl methyl sites for hydroxylation is 5. The highest BCUT2D eigenvalue weighted by atomic mass is 32.2. The second-order valence-corrected chi connectivity index (χ2v) is 27.8. The second-order valence-electron chi connectivity index (χ2n) is 25.0. The third-order valence-corrected chi connectivity index (χ3v) is 17.7. The number of hydrogen-bond donors (Lipinski definition) is 5. The molecule has 4 aromatic rings. The van der Waals surface area contributed by atoms with Crippen LogP contribution in [-0.2, 0) is 53.8 Å². The lowest BCUT2D eigenvalue weighted by Gasteiger charge is -2.46. The number of methoxy groups -OCH3 is 1. The predicted octanol–water partition coefficient (Wildman–Crippen LogP) is 12.4. The molecule has 0 unspecified atom stereocenters. The van der Waals surface area contributed by atoms with Gasteiger partial charge in [-0.1, -0.05) is 37.3 Å². The van der Waals surface area contributed by atoms with Crippen LogP contribution in [0.15, 0.2) is 92.7 Å². The minimum atomic E-state index is -5.11. The Bertz CT molecular complexity index is 3420. The van der Waals surface area contributed by atoms with Gasteiger partial charge in [0.15, 0.2) is 0 Å². The molecule has 13 nitrogen and oxygen atoms in total. The van der Waals surface area contributed by atoms with E-state index in [1.807, 2.05) is 71.9 Å². The Balaban J connectivity index is 1.33. The highest BCUT2D eigenvalue weighted by Crippen LogP contribution is 2.42. The summed E-state index contributed by atoms with van der Waals surface area (Å²) in [5.74, 6) is 0.248. The summed E-state index contributed by atoms with van der Waals surface area (Å²) in [6.07, 6.45) is 9.60. The first-order valence-electron chi connectivity index (χ1n) is 27.1. The number of nitrogens with one attached hydrogen (secondary N) is 3. The predicted molar refractivity (Wildman–Crippen MR) is 314 cm³/mol. The van der Waals surface area contributed by atoms with Crippen molar-refractivity contribution in [3.63, 3.8) is 0 Å². The van der Waals surface area contributed by atoms with Crippen LogP contribution in [0.1, 0.15) is 149 Å². The summed E-state index contributed by atoms with van der Waals surface area (Å²) in [6.45, 7) is 31.5. The van der Waals surface area contributed by atoms with Gasteiger partial charge in [0.05, 0.1) is 22.9 Å². The van der Waals surface area contributed by atoms with E-state index in [0.717, 1.165) is 105 Å². The Morgan fingerprint density at radius 1 is 0.679 bits per heavy atom. The van der Waals surface area contributed by atoms with E-state index in [1.165, 1.54) is 6.07 Å². The highest BCUT2D eigenvalue weighted by molar-refractivity contribution is 7.86. The molecule has 0 amide bonds. The number of allylic oxidation sites excluding steroid dienone is 4. The number of carbonyl (C=O) groups is 2. The van der Waals surface area contributed by atoms with Gasteiger partial charge in [0.1, 0.15) is 16.5 Å².